The molecule has 4 heteroatoms. The second-order valence-corrected chi connectivity index (χ2v) is 3.05. The van der Waals surface area contributed by atoms with E-state index in [0.29, 0.717) is 17.9 Å². The first kappa shape index (κ1) is 8.62. The molecule has 3 N–H and O–H groups in total. The molecule has 72 valence electrons. The molecule has 1 amide bonds. The summed E-state index contributed by atoms with van der Waals surface area (Å²) in [5, 5.41) is 1.48. The van der Waals surface area contributed by atoms with Crippen LogP contribution in [0.15, 0.2) is 42.2 Å². The normalized spacial score (nSPS) is 14.9. The lowest BCUT2D eigenvalue weighted by Crippen LogP contribution is -2.39. The molecule has 0 aromatic heterocycles. The molecule has 1 heterocycles. The highest BCUT2D eigenvalue weighted by atomic mass is 16.2. The van der Waals surface area contributed by atoms with Crippen LogP contribution in [0.5, 0.6) is 0 Å². The van der Waals surface area contributed by atoms with Gasteiger partial charge in [-0.1, -0.05) is 18.2 Å². The first-order valence-corrected chi connectivity index (χ1v) is 4.36. The number of carbonyl (C=O) groups excluding carboxylic acids is 1. The van der Waals surface area contributed by atoms with Crippen LogP contribution in [0.2, 0.25) is 0 Å². The van der Waals surface area contributed by atoms with Gasteiger partial charge < -0.3 is 5.73 Å². The van der Waals surface area contributed by atoms with Gasteiger partial charge in [0.25, 0.3) is 5.91 Å². The molecule has 0 radical (unpaired) electrons. The summed E-state index contributed by atoms with van der Waals surface area (Å²) in [6.07, 6.45) is 1.76. The Morgan fingerprint density at radius 3 is 2.64 bits per heavy atom. The number of rotatable bonds is 1. The van der Waals surface area contributed by atoms with E-state index < -0.39 is 0 Å². The lowest BCUT2D eigenvalue weighted by Gasteiger charge is -2.16. The Labute approximate surface area is 82.0 Å². The number of hydrogen-bond acceptors (Lipinski definition) is 3. The van der Waals surface area contributed by atoms with Gasteiger partial charge in [0.15, 0.2) is 0 Å². The van der Waals surface area contributed by atoms with E-state index in [2.05, 4.69) is 5.43 Å². The smallest absolute Gasteiger partial charge is 0.272 e. The van der Waals surface area contributed by atoms with Gasteiger partial charge in [-0.2, -0.15) is 0 Å². The quantitative estimate of drug-likeness (QED) is 0.674. The van der Waals surface area contributed by atoms with E-state index in [1.54, 1.807) is 18.2 Å². The fourth-order valence-electron chi connectivity index (χ4n) is 1.31. The SMILES string of the molecule is NC1=CCN(C(=O)c2ccccc2)N1. The van der Waals surface area contributed by atoms with E-state index in [4.69, 9.17) is 5.73 Å². The van der Waals surface area contributed by atoms with Crippen LogP contribution in [0.1, 0.15) is 10.4 Å². The molecule has 1 aromatic rings. The summed E-state index contributed by atoms with van der Waals surface area (Å²) < 4.78 is 0. The van der Waals surface area contributed by atoms with Crippen LogP contribution in [-0.2, 0) is 0 Å². The number of nitrogens with zero attached hydrogens (tertiary/aromatic N) is 1. The van der Waals surface area contributed by atoms with Gasteiger partial charge in [-0.15, -0.1) is 0 Å². The van der Waals surface area contributed by atoms with Crippen molar-refractivity contribution in [1.82, 2.24) is 10.4 Å². The number of hydrogen-bond donors (Lipinski definition) is 2. The van der Waals surface area contributed by atoms with Gasteiger partial charge in [-0.05, 0) is 18.2 Å². The minimum atomic E-state index is -0.0673. The second kappa shape index (κ2) is 3.41. The lowest BCUT2D eigenvalue weighted by molar-refractivity contribution is 0.0730. The average molecular weight is 189 g/mol. The van der Waals surface area contributed by atoms with E-state index in [-0.39, 0.29) is 5.91 Å². The third-order valence-electron chi connectivity index (χ3n) is 2.02. The fourth-order valence-corrected chi connectivity index (χ4v) is 1.31. The van der Waals surface area contributed by atoms with E-state index in [0.717, 1.165) is 0 Å². The van der Waals surface area contributed by atoms with Crippen LogP contribution in [0.3, 0.4) is 0 Å². The number of nitrogens with one attached hydrogen (secondary N) is 1. The van der Waals surface area contributed by atoms with Crippen molar-refractivity contribution in [1.29, 1.82) is 0 Å². The number of hydrazine groups is 1. The molecule has 0 unspecified atom stereocenters. The predicted octanol–water partition coefficient (Wildman–Crippen LogP) is 0.447. The van der Waals surface area contributed by atoms with Gasteiger partial charge in [0.1, 0.15) is 5.82 Å². The highest BCUT2D eigenvalue weighted by molar-refractivity contribution is 5.94. The first-order chi connectivity index (χ1) is 6.77. The Kier molecular flexibility index (Phi) is 2.10. The summed E-state index contributed by atoms with van der Waals surface area (Å²) in [4.78, 5) is 11.8. The Hall–Kier alpha value is -1.97. The summed E-state index contributed by atoms with van der Waals surface area (Å²) in [7, 11) is 0. The highest BCUT2D eigenvalue weighted by Gasteiger charge is 2.18. The van der Waals surface area contributed by atoms with Crippen molar-refractivity contribution >= 4 is 5.91 Å². The molecule has 1 aliphatic heterocycles. The summed E-state index contributed by atoms with van der Waals surface area (Å²) >= 11 is 0. The Bertz CT molecular complexity index is 372. The molecule has 1 aliphatic rings. The molecule has 0 spiro atoms. The largest absolute Gasteiger partial charge is 0.384 e. The van der Waals surface area contributed by atoms with Crippen LogP contribution in [-0.4, -0.2) is 17.5 Å². The highest BCUT2D eigenvalue weighted by Crippen LogP contribution is 2.06. The number of carbonyl (C=O) groups is 1. The van der Waals surface area contributed by atoms with Gasteiger partial charge in [0.05, 0.1) is 6.54 Å². The molecule has 1 aromatic carbocycles. The first-order valence-electron chi connectivity index (χ1n) is 4.36. The van der Waals surface area contributed by atoms with Crippen LogP contribution in [0, 0.1) is 0 Å². The fraction of sp³-hybridized carbons (Fsp3) is 0.100. The molecular formula is C10H11N3O. The molecular weight excluding hydrogens is 178 g/mol. The van der Waals surface area contributed by atoms with Gasteiger partial charge in [0.2, 0.25) is 0 Å². The predicted molar refractivity (Wildman–Crippen MR) is 52.9 cm³/mol. The zero-order valence-corrected chi connectivity index (χ0v) is 7.60. The third kappa shape index (κ3) is 1.54. The van der Waals surface area contributed by atoms with Gasteiger partial charge in [-0.3, -0.25) is 10.2 Å². The summed E-state index contributed by atoms with van der Waals surface area (Å²) in [5.74, 6) is 0.455. The Morgan fingerprint density at radius 2 is 2.07 bits per heavy atom. The zero-order chi connectivity index (χ0) is 9.97. The summed E-state index contributed by atoms with van der Waals surface area (Å²) in [6.45, 7) is 0.513. The Morgan fingerprint density at radius 1 is 1.36 bits per heavy atom. The molecule has 14 heavy (non-hydrogen) atoms. The van der Waals surface area contributed by atoms with Crippen LogP contribution >= 0.6 is 0 Å². The standard InChI is InChI=1S/C10H11N3O/c11-9-6-7-13(12-9)10(14)8-4-2-1-3-5-8/h1-6,12H,7,11H2. The zero-order valence-electron chi connectivity index (χ0n) is 7.60. The van der Waals surface area contributed by atoms with Crippen molar-refractivity contribution in [2.24, 2.45) is 5.73 Å². The minimum Gasteiger partial charge on any atom is -0.384 e. The number of amides is 1. The summed E-state index contributed by atoms with van der Waals surface area (Å²) in [5.41, 5.74) is 8.93. The molecule has 0 bridgehead atoms. The molecule has 0 aliphatic carbocycles. The Balaban J connectivity index is 2.11. The molecule has 0 saturated carbocycles. The lowest BCUT2D eigenvalue weighted by atomic mass is 10.2. The van der Waals surface area contributed by atoms with E-state index in [1.165, 1.54) is 5.01 Å². The van der Waals surface area contributed by atoms with Crippen LogP contribution in [0.4, 0.5) is 0 Å². The number of nitrogens with two attached hydrogens (primary N) is 1. The maximum atomic E-state index is 11.8. The van der Waals surface area contributed by atoms with E-state index in [1.807, 2.05) is 18.2 Å². The minimum absolute atomic E-state index is 0.0673. The van der Waals surface area contributed by atoms with E-state index >= 15 is 0 Å². The molecule has 0 atom stereocenters. The van der Waals surface area contributed by atoms with Crippen molar-refractivity contribution < 1.29 is 4.79 Å². The van der Waals surface area contributed by atoms with Crippen molar-refractivity contribution in [3.63, 3.8) is 0 Å². The molecule has 0 saturated heterocycles. The second-order valence-electron chi connectivity index (χ2n) is 3.05. The topological polar surface area (TPSA) is 58.4 Å². The molecule has 4 nitrogen and oxygen atoms in total. The van der Waals surface area contributed by atoms with Gasteiger partial charge in [0, 0.05) is 5.56 Å². The number of benzene rings is 1. The van der Waals surface area contributed by atoms with Gasteiger partial charge >= 0.3 is 0 Å². The van der Waals surface area contributed by atoms with Gasteiger partial charge in [-0.25, -0.2) is 5.01 Å². The van der Waals surface area contributed by atoms with Crippen molar-refractivity contribution in [2.75, 3.05) is 6.54 Å². The van der Waals surface area contributed by atoms with E-state index in [9.17, 15) is 4.79 Å². The molecule has 0 fully saturated rings. The van der Waals surface area contributed by atoms with Crippen LogP contribution in [0.25, 0.3) is 0 Å². The van der Waals surface area contributed by atoms with Crippen LogP contribution < -0.4 is 11.2 Å². The average Bonchev–Trinajstić information content (AvgIpc) is 2.65. The molecule has 2 rings (SSSR count). The third-order valence-corrected chi connectivity index (χ3v) is 2.02. The van der Waals surface area contributed by atoms with Crippen molar-refractivity contribution in [3.05, 3.63) is 47.8 Å². The van der Waals surface area contributed by atoms with Crippen molar-refractivity contribution in [3.8, 4) is 0 Å². The van der Waals surface area contributed by atoms with Crippen molar-refractivity contribution in [2.45, 2.75) is 0 Å². The monoisotopic (exact) mass is 189 g/mol. The summed E-state index contributed by atoms with van der Waals surface area (Å²) in [6, 6.07) is 9.10. The maximum absolute atomic E-state index is 11.8. The maximum Gasteiger partial charge on any atom is 0.272 e.